The molecule has 4 nitrogen and oxygen atoms in total. The largest absolute Gasteiger partial charge is 0.415 e. The zero-order chi connectivity index (χ0) is 15.1. The van der Waals surface area contributed by atoms with E-state index in [4.69, 9.17) is 4.42 Å². The first kappa shape index (κ1) is 16.0. The first-order valence-corrected chi connectivity index (χ1v) is 8.80. The van der Waals surface area contributed by atoms with Gasteiger partial charge >= 0.3 is 0 Å². The number of Topliss-reactive ketones (excluding diaryl/α,β-unsaturated/α-hetero) is 1. The average Bonchev–Trinajstić information content (AvgIpc) is 2.92. The van der Waals surface area contributed by atoms with E-state index in [9.17, 15) is 9.18 Å². The smallest absolute Gasteiger partial charge is 0.276 e. The van der Waals surface area contributed by atoms with Crippen molar-refractivity contribution in [2.24, 2.45) is 0 Å². The van der Waals surface area contributed by atoms with Crippen molar-refractivity contribution in [3.8, 4) is 0 Å². The number of carbonyl (C=O) groups excluding carboxylic acids is 1. The Labute approximate surface area is 130 Å². The second-order valence-corrected chi connectivity index (χ2v) is 6.19. The molecule has 112 valence electrons. The number of thioether (sulfide) groups is 2. The van der Waals surface area contributed by atoms with Crippen LogP contribution in [0.15, 0.2) is 33.9 Å². The third-order valence-electron chi connectivity index (χ3n) is 2.66. The molecule has 0 saturated heterocycles. The van der Waals surface area contributed by atoms with Crippen LogP contribution in [0.5, 0.6) is 0 Å². The molecule has 7 heteroatoms. The lowest BCUT2D eigenvalue weighted by atomic mass is 10.1. The van der Waals surface area contributed by atoms with Crippen LogP contribution in [0.2, 0.25) is 0 Å². The van der Waals surface area contributed by atoms with E-state index in [0.717, 1.165) is 5.75 Å². The first-order chi connectivity index (χ1) is 10.2. The maximum absolute atomic E-state index is 12.8. The molecule has 1 heterocycles. The van der Waals surface area contributed by atoms with Gasteiger partial charge in [0, 0.05) is 17.7 Å². The number of halogens is 1. The highest BCUT2D eigenvalue weighted by Gasteiger charge is 2.08. The minimum absolute atomic E-state index is 0.0178. The number of hydrogen-bond donors (Lipinski definition) is 0. The molecular weight excluding hydrogens is 311 g/mol. The summed E-state index contributed by atoms with van der Waals surface area (Å²) in [5.74, 6) is 1.74. The lowest BCUT2D eigenvalue weighted by Gasteiger charge is -2.00. The zero-order valence-electron chi connectivity index (χ0n) is 11.5. The molecule has 2 rings (SSSR count). The predicted molar refractivity (Wildman–Crippen MR) is 82.2 cm³/mol. The van der Waals surface area contributed by atoms with Crippen LogP contribution in [-0.2, 0) is 5.75 Å². The summed E-state index contributed by atoms with van der Waals surface area (Å²) in [7, 11) is 0. The fourth-order valence-corrected chi connectivity index (χ4v) is 2.73. The quantitative estimate of drug-likeness (QED) is 0.417. The highest BCUT2D eigenvalue weighted by Crippen LogP contribution is 2.19. The van der Waals surface area contributed by atoms with Gasteiger partial charge in [0.2, 0.25) is 5.89 Å². The van der Waals surface area contributed by atoms with E-state index in [2.05, 4.69) is 10.2 Å². The van der Waals surface area contributed by atoms with Crippen LogP contribution in [0, 0.1) is 5.82 Å². The molecule has 0 N–H and O–H groups in total. The van der Waals surface area contributed by atoms with Crippen molar-refractivity contribution >= 4 is 29.3 Å². The molecule has 0 aliphatic rings. The highest BCUT2D eigenvalue weighted by molar-refractivity contribution is 7.99. The van der Waals surface area contributed by atoms with Gasteiger partial charge in [0.25, 0.3) is 5.22 Å². The Morgan fingerprint density at radius 1 is 1.29 bits per heavy atom. The van der Waals surface area contributed by atoms with Crippen molar-refractivity contribution in [2.45, 2.75) is 23.8 Å². The van der Waals surface area contributed by atoms with Crippen molar-refractivity contribution < 1.29 is 13.6 Å². The monoisotopic (exact) mass is 326 g/mol. The predicted octanol–water partition coefficient (Wildman–Crippen LogP) is 3.83. The van der Waals surface area contributed by atoms with Crippen LogP contribution < -0.4 is 0 Å². The van der Waals surface area contributed by atoms with Gasteiger partial charge in [-0.3, -0.25) is 4.79 Å². The summed E-state index contributed by atoms with van der Waals surface area (Å²) in [6.45, 7) is 0. The summed E-state index contributed by atoms with van der Waals surface area (Å²) in [6, 6.07) is 5.62. The van der Waals surface area contributed by atoms with E-state index >= 15 is 0 Å². The van der Waals surface area contributed by atoms with Gasteiger partial charge < -0.3 is 4.42 Å². The number of benzene rings is 1. The Hall–Kier alpha value is -1.34. The number of hydrogen-bond acceptors (Lipinski definition) is 6. The number of ketones is 1. The standard InChI is InChI=1S/C14H15FN2O2S2/c1-20-9-13-16-17-14(19-13)21-8-2-3-12(18)10-4-6-11(15)7-5-10/h4-7H,2-3,8-9H2,1H3. The van der Waals surface area contributed by atoms with Crippen molar-refractivity contribution in [1.29, 1.82) is 0 Å². The molecular formula is C14H15FN2O2S2. The Morgan fingerprint density at radius 3 is 2.76 bits per heavy atom. The van der Waals surface area contributed by atoms with Gasteiger partial charge in [0.05, 0.1) is 5.75 Å². The van der Waals surface area contributed by atoms with Crippen molar-refractivity contribution in [1.82, 2.24) is 10.2 Å². The molecule has 1 aromatic carbocycles. The van der Waals surface area contributed by atoms with E-state index in [0.29, 0.717) is 35.3 Å². The van der Waals surface area contributed by atoms with E-state index in [1.807, 2.05) is 6.26 Å². The van der Waals surface area contributed by atoms with Crippen LogP contribution in [0.4, 0.5) is 4.39 Å². The second-order valence-electron chi connectivity index (χ2n) is 4.28. The maximum Gasteiger partial charge on any atom is 0.276 e. The number of carbonyl (C=O) groups is 1. The molecule has 0 spiro atoms. The molecule has 1 aromatic heterocycles. The molecule has 0 unspecified atom stereocenters. The molecule has 0 bridgehead atoms. The Kier molecular flexibility index (Phi) is 6.25. The first-order valence-electron chi connectivity index (χ1n) is 6.42. The third-order valence-corrected chi connectivity index (χ3v) is 4.10. The van der Waals surface area contributed by atoms with Crippen molar-refractivity contribution in [2.75, 3.05) is 12.0 Å². The summed E-state index contributed by atoms with van der Waals surface area (Å²) >= 11 is 3.07. The third kappa shape index (κ3) is 5.17. The van der Waals surface area contributed by atoms with Crippen molar-refractivity contribution in [3.63, 3.8) is 0 Å². The molecule has 0 amide bonds. The van der Waals surface area contributed by atoms with Crippen LogP contribution in [-0.4, -0.2) is 28.0 Å². The molecule has 2 aromatic rings. The van der Waals surface area contributed by atoms with E-state index in [1.54, 1.807) is 11.8 Å². The zero-order valence-corrected chi connectivity index (χ0v) is 13.2. The van der Waals surface area contributed by atoms with Crippen LogP contribution in [0.25, 0.3) is 0 Å². The van der Waals surface area contributed by atoms with Gasteiger partial charge in [-0.1, -0.05) is 11.8 Å². The fraction of sp³-hybridized carbons (Fsp3) is 0.357. The maximum atomic E-state index is 12.8. The van der Waals surface area contributed by atoms with Crippen LogP contribution in [0.3, 0.4) is 0 Å². The van der Waals surface area contributed by atoms with Gasteiger partial charge in [-0.15, -0.1) is 10.2 Å². The Balaban J connectivity index is 1.71. The molecule has 0 radical (unpaired) electrons. The molecule has 0 fully saturated rings. The van der Waals surface area contributed by atoms with Crippen molar-refractivity contribution in [3.05, 3.63) is 41.5 Å². The van der Waals surface area contributed by atoms with Gasteiger partial charge in [-0.2, -0.15) is 11.8 Å². The molecule has 0 saturated carbocycles. The molecule has 0 aliphatic carbocycles. The van der Waals surface area contributed by atoms with Crippen LogP contribution >= 0.6 is 23.5 Å². The van der Waals surface area contributed by atoms with Gasteiger partial charge in [-0.25, -0.2) is 4.39 Å². The summed E-state index contributed by atoms with van der Waals surface area (Å²) in [4.78, 5) is 11.9. The average molecular weight is 326 g/mol. The van der Waals surface area contributed by atoms with E-state index < -0.39 is 0 Å². The van der Waals surface area contributed by atoms with E-state index in [1.165, 1.54) is 36.0 Å². The topological polar surface area (TPSA) is 56.0 Å². The van der Waals surface area contributed by atoms with Gasteiger partial charge in [0.1, 0.15) is 5.82 Å². The Morgan fingerprint density at radius 2 is 2.05 bits per heavy atom. The second kappa shape index (κ2) is 8.19. The van der Waals surface area contributed by atoms with E-state index in [-0.39, 0.29) is 11.6 Å². The normalized spacial score (nSPS) is 10.8. The molecule has 21 heavy (non-hydrogen) atoms. The van der Waals surface area contributed by atoms with Gasteiger partial charge in [0.15, 0.2) is 5.78 Å². The number of aromatic nitrogens is 2. The minimum Gasteiger partial charge on any atom is -0.415 e. The minimum atomic E-state index is -0.334. The fourth-order valence-electron chi connectivity index (χ4n) is 1.65. The van der Waals surface area contributed by atoms with Gasteiger partial charge in [-0.05, 0) is 36.9 Å². The molecule has 0 aliphatic heterocycles. The highest BCUT2D eigenvalue weighted by atomic mass is 32.2. The lowest BCUT2D eigenvalue weighted by Crippen LogP contribution is -1.99. The summed E-state index contributed by atoms with van der Waals surface area (Å²) < 4.78 is 18.2. The lowest BCUT2D eigenvalue weighted by molar-refractivity contribution is 0.0982. The summed E-state index contributed by atoms with van der Waals surface area (Å²) in [6.07, 6.45) is 3.10. The number of rotatable bonds is 8. The summed E-state index contributed by atoms with van der Waals surface area (Å²) in [5, 5.41) is 8.38. The van der Waals surface area contributed by atoms with Crippen LogP contribution in [0.1, 0.15) is 29.1 Å². The SMILES string of the molecule is CSCc1nnc(SCCCC(=O)c2ccc(F)cc2)o1. The summed E-state index contributed by atoms with van der Waals surface area (Å²) in [5.41, 5.74) is 0.543. The Bertz CT molecular complexity index is 587. The molecule has 0 atom stereocenters. The number of nitrogens with zero attached hydrogens (tertiary/aromatic N) is 2.